The van der Waals surface area contributed by atoms with E-state index in [0.717, 1.165) is 30.2 Å². The number of aromatic amines is 1. The third kappa shape index (κ3) is 4.40. The number of hydrogen-bond acceptors (Lipinski definition) is 5. The van der Waals surface area contributed by atoms with E-state index in [2.05, 4.69) is 53.1 Å². The van der Waals surface area contributed by atoms with Crippen LogP contribution in [0.1, 0.15) is 55.4 Å². The molecule has 0 spiro atoms. The number of aromatic nitrogens is 3. The molecule has 1 aliphatic heterocycles. The van der Waals surface area contributed by atoms with E-state index < -0.39 is 0 Å². The number of ether oxygens (including phenoxy) is 1. The van der Waals surface area contributed by atoms with Crippen molar-refractivity contribution >= 4 is 11.7 Å². The summed E-state index contributed by atoms with van der Waals surface area (Å²) in [7, 11) is 0. The second kappa shape index (κ2) is 7.86. The molecule has 3 heterocycles. The second-order valence-corrected chi connectivity index (χ2v) is 7.23. The lowest BCUT2D eigenvalue weighted by atomic mass is 10.1. The summed E-state index contributed by atoms with van der Waals surface area (Å²) in [6.07, 6.45) is 2.21. The molecule has 1 amide bonds. The molecule has 1 fully saturated rings. The number of anilines is 1. The van der Waals surface area contributed by atoms with Gasteiger partial charge < -0.3 is 15.0 Å². The Morgan fingerprint density at radius 2 is 2.08 bits per heavy atom. The van der Waals surface area contributed by atoms with Gasteiger partial charge in [0.2, 0.25) is 0 Å². The number of nitrogens with one attached hydrogen (secondary N) is 2. The van der Waals surface area contributed by atoms with Crippen LogP contribution in [0.25, 0.3) is 0 Å². The maximum atomic E-state index is 12.2. The van der Waals surface area contributed by atoms with Crippen molar-refractivity contribution in [1.82, 2.24) is 20.5 Å². The molecular weight excluding hydrogens is 330 g/mol. The van der Waals surface area contributed by atoms with Crippen LogP contribution in [0.4, 0.5) is 5.82 Å². The first kappa shape index (κ1) is 18.4. The molecule has 26 heavy (non-hydrogen) atoms. The molecule has 2 aromatic rings. The maximum absolute atomic E-state index is 12.2. The van der Waals surface area contributed by atoms with Gasteiger partial charge in [0.1, 0.15) is 11.5 Å². The lowest BCUT2D eigenvalue weighted by Crippen LogP contribution is -2.45. The van der Waals surface area contributed by atoms with Crippen LogP contribution in [0.5, 0.6) is 0 Å². The van der Waals surface area contributed by atoms with E-state index in [1.807, 2.05) is 18.3 Å². The van der Waals surface area contributed by atoms with E-state index in [0.29, 0.717) is 18.2 Å². The van der Waals surface area contributed by atoms with Crippen molar-refractivity contribution in [2.24, 2.45) is 0 Å². The van der Waals surface area contributed by atoms with E-state index in [4.69, 9.17) is 4.74 Å². The molecule has 7 heteroatoms. The van der Waals surface area contributed by atoms with E-state index in [1.165, 1.54) is 0 Å². The fourth-order valence-corrected chi connectivity index (χ4v) is 3.09. The van der Waals surface area contributed by atoms with Gasteiger partial charge in [0, 0.05) is 31.5 Å². The first-order chi connectivity index (χ1) is 12.4. The molecule has 0 aliphatic carbocycles. The van der Waals surface area contributed by atoms with Crippen LogP contribution < -0.4 is 10.2 Å². The molecule has 7 nitrogen and oxygen atoms in total. The molecule has 2 N–H and O–H groups in total. The van der Waals surface area contributed by atoms with Gasteiger partial charge in [-0.2, -0.15) is 5.10 Å². The number of carbonyl (C=O) groups excluding carboxylic acids is 1. The number of morpholine rings is 1. The zero-order valence-electron chi connectivity index (χ0n) is 15.8. The average molecular weight is 357 g/mol. The largest absolute Gasteiger partial charge is 0.372 e. The van der Waals surface area contributed by atoms with Crippen LogP contribution in [0, 0.1) is 0 Å². The van der Waals surface area contributed by atoms with Crippen LogP contribution >= 0.6 is 0 Å². The summed E-state index contributed by atoms with van der Waals surface area (Å²) < 4.78 is 5.76. The Labute approximate surface area is 154 Å². The molecule has 1 aliphatic rings. The number of nitrogens with zero attached hydrogens (tertiary/aromatic N) is 3. The third-order valence-electron chi connectivity index (χ3n) is 4.46. The lowest BCUT2D eigenvalue weighted by Gasteiger charge is -2.36. The number of H-pyrrole nitrogens is 1. The van der Waals surface area contributed by atoms with Gasteiger partial charge in [0.05, 0.1) is 12.2 Å². The molecule has 3 rings (SSSR count). The van der Waals surface area contributed by atoms with Crippen molar-refractivity contribution < 1.29 is 9.53 Å². The summed E-state index contributed by atoms with van der Waals surface area (Å²) in [5, 5.41) is 9.85. The van der Waals surface area contributed by atoms with Crippen molar-refractivity contribution in [3.8, 4) is 0 Å². The van der Waals surface area contributed by atoms with Gasteiger partial charge in [-0.1, -0.05) is 19.9 Å². The van der Waals surface area contributed by atoms with Gasteiger partial charge in [-0.3, -0.25) is 9.89 Å². The smallest absolute Gasteiger partial charge is 0.272 e. The van der Waals surface area contributed by atoms with Crippen LogP contribution in [0.3, 0.4) is 0 Å². The minimum atomic E-state index is -0.187. The topological polar surface area (TPSA) is 83.1 Å². The zero-order valence-corrected chi connectivity index (χ0v) is 15.8. The molecule has 2 atom stereocenters. The normalized spacial score (nSPS) is 20.4. The van der Waals surface area contributed by atoms with Gasteiger partial charge >= 0.3 is 0 Å². The molecule has 0 bridgehead atoms. The molecule has 0 saturated carbocycles. The van der Waals surface area contributed by atoms with Crippen LogP contribution in [0.15, 0.2) is 24.4 Å². The van der Waals surface area contributed by atoms with Crippen LogP contribution in [0.2, 0.25) is 0 Å². The van der Waals surface area contributed by atoms with Crippen LogP contribution in [-0.4, -0.2) is 46.4 Å². The summed E-state index contributed by atoms with van der Waals surface area (Å²) in [5.74, 6) is 1.07. The monoisotopic (exact) mass is 357 g/mol. The van der Waals surface area contributed by atoms with Gasteiger partial charge in [-0.25, -0.2) is 4.98 Å². The highest BCUT2D eigenvalue weighted by Crippen LogP contribution is 2.18. The summed E-state index contributed by atoms with van der Waals surface area (Å²) in [5.41, 5.74) is 2.32. The van der Waals surface area contributed by atoms with Crippen LogP contribution in [-0.2, 0) is 11.3 Å². The first-order valence-electron chi connectivity index (χ1n) is 9.11. The quantitative estimate of drug-likeness (QED) is 0.859. The zero-order chi connectivity index (χ0) is 18.7. The highest BCUT2D eigenvalue weighted by atomic mass is 16.5. The van der Waals surface area contributed by atoms with Crippen molar-refractivity contribution in [2.75, 3.05) is 18.0 Å². The minimum absolute atomic E-state index is 0.187. The number of amides is 1. The van der Waals surface area contributed by atoms with Gasteiger partial charge in [0.15, 0.2) is 0 Å². The SMILES string of the molecule is CC(C)c1cc(C(=O)NCc2ccc(N3C[C@@H](C)O[C@H](C)C3)nc2)n[nH]1. The highest BCUT2D eigenvalue weighted by molar-refractivity contribution is 5.92. The summed E-state index contributed by atoms with van der Waals surface area (Å²) in [6.45, 7) is 10.4. The van der Waals surface area contributed by atoms with E-state index >= 15 is 0 Å². The van der Waals surface area contributed by atoms with Crippen molar-refractivity contribution in [3.05, 3.63) is 41.3 Å². The Balaban J connectivity index is 1.56. The fraction of sp³-hybridized carbons (Fsp3) is 0.526. The Morgan fingerprint density at radius 3 is 2.65 bits per heavy atom. The Hall–Kier alpha value is -2.41. The Kier molecular flexibility index (Phi) is 5.56. The van der Waals surface area contributed by atoms with E-state index in [1.54, 1.807) is 6.07 Å². The predicted molar refractivity (Wildman–Crippen MR) is 100 cm³/mol. The summed E-state index contributed by atoms with van der Waals surface area (Å²) in [4.78, 5) is 19.0. The maximum Gasteiger partial charge on any atom is 0.272 e. The fourth-order valence-electron chi connectivity index (χ4n) is 3.09. The molecule has 140 valence electrons. The van der Waals surface area contributed by atoms with Gasteiger partial charge in [-0.15, -0.1) is 0 Å². The molecule has 0 unspecified atom stereocenters. The summed E-state index contributed by atoms with van der Waals surface area (Å²) in [6, 6.07) is 5.79. The number of carbonyl (C=O) groups is 1. The molecule has 0 radical (unpaired) electrons. The predicted octanol–water partition coefficient (Wildman–Crippen LogP) is 2.47. The number of pyridine rings is 1. The van der Waals surface area contributed by atoms with Crippen molar-refractivity contribution in [3.63, 3.8) is 0 Å². The van der Waals surface area contributed by atoms with E-state index in [-0.39, 0.29) is 18.1 Å². The lowest BCUT2D eigenvalue weighted by molar-refractivity contribution is -0.00546. The van der Waals surface area contributed by atoms with Gasteiger partial charge in [-0.05, 0) is 37.5 Å². The Morgan fingerprint density at radius 1 is 1.35 bits per heavy atom. The number of rotatable bonds is 5. The first-order valence-corrected chi connectivity index (χ1v) is 9.11. The molecule has 1 saturated heterocycles. The standard InChI is InChI=1S/C19H27N5O2/c1-12(2)16-7-17(23-22-16)19(25)21-9-15-5-6-18(20-8-15)24-10-13(3)26-14(4)11-24/h5-8,12-14H,9-11H2,1-4H3,(H,21,25)(H,22,23)/t13-,14-/m1/s1. The van der Waals surface area contributed by atoms with E-state index in [9.17, 15) is 4.79 Å². The average Bonchev–Trinajstić information content (AvgIpc) is 3.10. The van der Waals surface area contributed by atoms with Crippen molar-refractivity contribution in [2.45, 2.75) is 52.4 Å². The molecule has 0 aromatic carbocycles. The third-order valence-corrected chi connectivity index (χ3v) is 4.46. The molecule has 2 aromatic heterocycles. The Bertz CT molecular complexity index is 731. The highest BCUT2D eigenvalue weighted by Gasteiger charge is 2.23. The number of hydrogen-bond donors (Lipinski definition) is 2. The second-order valence-electron chi connectivity index (χ2n) is 7.23. The van der Waals surface area contributed by atoms with Crippen molar-refractivity contribution in [1.29, 1.82) is 0 Å². The van der Waals surface area contributed by atoms with Gasteiger partial charge in [0.25, 0.3) is 5.91 Å². The summed E-state index contributed by atoms with van der Waals surface area (Å²) >= 11 is 0. The molecular formula is C19H27N5O2. The minimum Gasteiger partial charge on any atom is -0.372 e.